The first kappa shape index (κ1) is 13.8. The van der Waals surface area contributed by atoms with Crippen molar-refractivity contribution < 1.29 is 9.53 Å². The summed E-state index contributed by atoms with van der Waals surface area (Å²) in [5.41, 5.74) is 0.208. The molecule has 4 nitrogen and oxygen atoms in total. The summed E-state index contributed by atoms with van der Waals surface area (Å²) < 4.78 is 5.67. The molecule has 18 heavy (non-hydrogen) atoms. The number of amides is 1. The van der Waals surface area contributed by atoms with E-state index in [9.17, 15) is 4.79 Å². The van der Waals surface area contributed by atoms with Crippen LogP contribution in [0.1, 0.15) is 39.5 Å². The molecule has 2 saturated heterocycles. The summed E-state index contributed by atoms with van der Waals surface area (Å²) >= 11 is 0. The average molecular weight is 254 g/mol. The number of ether oxygens (including phenoxy) is 1. The van der Waals surface area contributed by atoms with E-state index in [-0.39, 0.29) is 23.5 Å². The Bertz CT molecular complexity index is 298. The molecule has 0 bridgehead atoms. The van der Waals surface area contributed by atoms with Crippen LogP contribution >= 0.6 is 0 Å². The Kier molecular flexibility index (Phi) is 4.28. The molecule has 104 valence electrons. The van der Waals surface area contributed by atoms with E-state index in [1.54, 1.807) is 0 Å². The molecule has 0 saturated carbocycles. The van der Waals surface area contributed by atoms with Gasteiger partial charge < -0.3 is 15.0 Å². The number of hydrogen-bond acceptors (Lipinski definition) is 3. The van der Waals surface area contributed by atoms with Crippen molar-refractivity contribution in [3.63, 3.8) is 0 Å². The van der Waals surface area contributed by atoms with Crippen LogP contribution < -0.4 is 5.32 Å². The zero-order valence-corrected chi connectivity index (χ0v) is 11.9. The second kappa shape index (κ2) is 5.57. The molecule has 0 radical (unpaired) electrons. The van der Waals surface area contributed by atoms with Gasteiger partial charge in [-0.3, -0.25) is 4.79 Å². The van der Waals surface area contributed by atoms with Crippen LogP contribution in [0.2, 0.25) is 0 Å². The highest BCUT2D eigenvalue weighted by atomic mass is 16.5. The summed E-state index contributed by atoms with van der Waals surface area (Å²) in [4.78, 5) is 14.5. The molecule has 2 atom stereocenters. The van der Waals surface area contributed by atoms with E-state index in [1.165, 1.54) is 0 Å². The lowest BCUT2D eigenvalue weighted by Gasteiger charge is -2.31. The smallest absolute Gasteiger partial charge is 0.239 e. The molecule has 1 amide bonds. The molecule has 1 N–H and O–H groups in total. The van der Waals surface area contributed by atoms with Gasteiger partial charge in [-0.2, -0.15) is 0 Å². The fourth-order valence-electron chi connectivity index (χ4n) is 3.01. The Morgan fingerprint density at radius 2 is 2.22 bits per heavy atom. The largest absolute Gasteiger partial charge is 0.376 e. The maximum atomic E-state index is 12.5. The Balaban J connectivity index is 2.05. The molecule has 2 fully saturated rings. The topological polar surface area (TPSA) is 41.6 Å². The fraction of sp³-hybridized carbons (Fsp3) is 0.929. The van der Waals surface area contributed by atoms with Gasteiger partial charge in [0.25, 0.3) is 0 Å². The van der Waals surface area contributed by atoms with Crippen LogP contribution in [0.3, 0.4) is 0 Å². The number of hydrogen-bond donors (Lipinski definition) is 1. The first-order valence-corrected chi connectivity index (χ1v) is 7.09. The quantitative estimate of drug-likeness (QED) is 0.828. The van der Waals surface area contributed by atoms with Gasteiger partial charge in [0.05, 0.1) is 12.1 Å². The average Bonchev–Trinajstić information content (AvgIpc) is 2.77. The van der Waals surface area contributed by atoms with Crippen LogP contribution in [0, 0.1) is 5.41 Å². The lowest BCUT2D eigenvalue weighted by atomic mass is 9.87. The van der Waals surface area contributed by atoms with Crippen LogP contribution in [0.25, 0.3) is 0 Å². The number of likely N-dealkylation sites (N-methyl/N-ethyl adjacent to an activating group) is 1. The van der Waals surface area contributed by atoms with Gasteiger partial charge in [0, 0.05) is 19.7 Å². The van der Waals surface area contributed by atoms with Gasteiger partial charge in [0.2, 0.25) is 5.91 Å². The summed E-state index contributed by atoms with van der Waals surface area (Å²) in [5.74, 6) is 0.249. The molecule has 0 aromatic heterocycles. The Hall–Kier alpha value is -0.610. The third-order valence-corrected chi connectivity index (χ3v) is 4.13. The molecule has 2 rings (SSSR count). The van der Waals surface area contributed by atoms with Crippen LogP contribution in [0.4, 0.5) is 0 Å². The molecule has 2 unspecified atom stereocenters. The van der Waals surface area contributed by atoms with E-state index in [4.69, 9.17) is 4.74 Å². The van der Waals surface area contributed by atoms with Gasteiger partial charge in [0.1, 0.15) is 0 Å². The normalized spacial score (nSPS) is 32.6. The Morgan fingerprint density at radius 3 is 2.83 bits per heavy atom. The highest BCUT2D eigenvalue weighted by Gasteiger charge is 2.35. The van der Waals surface area contributed by atoms with Crippen molar-refractivity contribution in [2.45, 2.75) is 51.7 Å². The minimum absolute atomic E-state index is 0.0202. The molecular formula is C14H26N2O2. The van der Waals surface area contributed by atoms with E-state index in [0.717, 1.165) is 45.4 Å². The lowest BCUT2D eigenvalue weighted by molar-refractivity contribution is -0.135. The van der Waals surface area contributed by atoms with Crippen molar-refractivity contribution in [2.75, 3.05) is 26.7 Å². The van der Waals surface area contributed by atoms with Gasteiger partial charge in [0.15, 0.2) is 0 Å². The standard InChI is InChI=1S/C14H26N2O2/c1-14(2)7-6-12(15-3)13(17)16(10-14)9-11-5-4-8-18-11/h11-12,15H,4-10H2,1-3H3. The Morgan fingerprint density at radius 1 is 1.44 bits per heavy atom. The van der Waals surface area contributed by atoms with Crippen molar-refractivity contribution in [3.8, 4) is 0 Å². The van der Waals surface area contributed by atoms with Gasteiger partial charge in [-0.1, -0.05) is 13.8 Å². The molecule has 2 aliphatic heterocycles. The highest BCUT2D eigenvalue weighted by Crippen LogP contribution is 2.29. The fourth-order valence-corrected chi connectivity index (χ4v) is 3.01. The second-order valence-corrected chi connectivity index (χ2v) is 6.40. The van der Waals surface area contributed by atoms with Gasteiger partial charge in [-0.25, -0.2) is 0 Å². The van der Waals surface area contributed by atoms with Gasteiger partial charge in [-0.15, -0.1) is 0 Å². The molecule has 0 spiro atoms. The summed E-state index contributed by atoms with van der Waals surface area (Å²) in [6.45, 7) is 6.97. The van der Waals surface area contributed by atoms with Crippen LogP contribution in [-0.4, -0.2) is 49.7 Å². The van der Waals surface area contributed by atoms with Crippen molar-refractivity contribution >= 4 is 5.91 Å². The summed E-state index contributed by atoms with van der Waals surface area (Å²) in [5, 5.41) is 3.15. The van der Waals surface area contributed by atoms with Crippen LogP contribution in [0.5, 0.6) is 0 Å². The first-order chi connectivity index (χ1) is 8.52. The predicted molar refractivity (Wildman–Crippen MR) is 71.4 cm³/mol. The molecule has 0 aromatic carbocycles. The maximum absolute atomic E-state index is 12.5. The van der Waals surface area contributed by atoms with E-state index < -0.39 is 0 Å². The van der Waals surface area contributed by atoms with Crippen molar-refractivity contribution in [2.24, 2.45) is 5.41 Å². The maximum Gasteiger partial charge on any atom is 0.239 e. The van der Waals surface area contributed by atoms with Crippen LogP contribution in [0.15, 0.2) is 0 Å². The number of nitrogens with zero attached hydrogens (tertiary/aromatic N) is 1. The number of nitrogens with one attached hydrogen (secondary N) is 1. The predicted octanol–water partition coefficient (Wildman–Crippen LogP) is 1.40. The monoisotopic (exact) mass is 254 g/mol. The van der Waals surface area contributed by atoms with E-state index >= 15 is 0 Å². The lowest BCUT2D eigenvalue weighted by Crippen LogP contribution is -2.47. The van der Waals surface area contributed by atoms with Crippen molar-refractivity contribution in [3.05, 3.63) is 0 Å². The van der Waals surface area contributed by atoms with Crippen molar-refractivity contribution in [1.29, 1.82) is 0 Å². The molecule has 4 heteroatoms. The first-order valence-electron chi connectivity index (χ1n) is 7.09. The SMILES string of the molecule is CNC1CCC(C)(C)CN(CC2CCCO2)C1=O. The number of carbonyl (C=O) groups excluding carboxylic acids is 1. The summed E-state index contributed by atoms with van der Waals surface area (Å²) in [6.07, 6.45) is 4.50. The van der Waals surface area contributed by atoms with E-state index in [0.29, 0.717) is 0 Å². The third kappa shape index (κ3) is 3.23. The van der Waals surface area contributed by atoms with Gasteiger partial charge >= 0.3 is 0 Å². The molecular weight excluding hydrogens is 228 g/mol. The van der Waals surface area contributed by atoms with Crippen molar-refractivity contribution in [1.82, 2.24) is 10.2 Å². The summed E-state index contributed by atoms with van der Waals surface area (Å²) in [6, 6.07) is -0.0202. The Labute approximate surface area is 110 Å². The molecule has 2 heterocycles. The minimum atomic E-state index is -0.0202. The zero-order chi connectivity index (χ0) is 13.2. The molecule has 0 aliphatic carbocycles. The minimum Gasteiger partial charge on any atom is -0.376 e. The molecule has 0 aromatic rings. The highest BCUT2D eigenvalue weighted by molar-refractivity contribution is 5.82. The number of likely N-dealkylation sites (tertiary alicyclic amines) is 1. The van der Waals surface area contributed by atoms with E-state index in [2.05, 4.69) is 19.2 Å². The third-order valence-electron chi connectivity index (χ3n) is 4.13. The van der Waals surface area contributed by atoms with E-state index in [1.807, 2.05) is 11.9 Å². The van der Waals surface area contributed by atoms with Gasteiger partial charge in [-0.05, 0) is 38.1 Å². The zero-order valence-electron chi connectivity index (χ0n) is 11.9. The number of rotatable bonds is 3. The second-order valence-electron chi connectivity index (χ2n) is 6.40. The number of carbonyl (C=O) groups is 1. The van der Waals surface area contributed by atoms with Crippen LogP contribution in [-0.2, 0) is 9.53 Å². The summed E-state index contributed by atoms with van der Waals surface area (Å²) in [7, 11) is 1.88. The molecule has 2 aliphatic rings.